The van der Waals surface area contributed by atoms with Crippen LogP contribution in [0.2, 0.25) is 25.7 Å². The molecule has 2 heterocycles. The number of fused-ring (bicyclic) bond motifs is 1. The van der Waals surface area contributed by atoms with Crippen molar-refractivity contribution in [2.24, 2.45) is 0 Å². The second kappa shape index (κ2) is 11.4. The number of aromatic nitrogens is 2. The normalized spacial score (nSPS) is 11.5. The van der Waals surface area contributed by atoms with Crippen molar-refractivity contribution in [3.8, 4) is 11.5 Å². The van der Waals surface area contributed by atoms with Crippen LogP contribution in [0.15, 0.2) is 36.7 Å². The molecular formula is C24H30IN3O6Si. The summed E-state index contributed by atoms with van der Waals surface area (Å²) in [5.74, 6) is -0.735. The number of hydrogen-bond acceptors (Lipinski definition) is 6. The minimum absolute atomic E-state index is 0.309. The van der Waals surface area contributed by atoms with Gasteiger partial charge in [-0.15, -0.1) is 0 Å². The van der Waals surface area contributed by atoms with Gasteiger partial charge in [0.15, 0.2) is 11.5 Å². The summed E-state index contributed by atoms with van der Waals surface area (Å²) >= 11 is 2.03. The number of carboxylic acid groups (broad SMARTS) is 1. The van der Waals surface area contributed by atoms with Gasteiger partial charge in [-0.25, -0.2) is 4.98 Å². The van der Waals surface area contributed by atoms with Crippen LogP contribution in [-0.4, -0.2) is 62.0 Å². The molecule has 1 N–H and O–H groups in total. The lowest BCUT2D eigenvalue weighted by Gasteiger charge is -2.23. The van der Waals surface area contributed by atoms with E-state index in [4.69, 9.17) is 14.2 Å². The Labute approximate surface area is 219 Å². The van der Waals surface area contributed by atoms with Gasteiger partial charge in [0, 0.05) is 36.0 Å². The first kappa shape index (κ1) is 27.0. The average Bonchev–Trinajstić information content (AvgIpc) is 3.22. The minimum Gasteiger partial charge on any atom is -0.493 e. The van der Waals surface area contributed by atoms with Crippen LogP contribution in [0.5, 0.6) is 11.5 Å². The molecule has 11 heteroatoms. The lowest BCUT2D eigenvalue weighted by molar-refractivity contribution is -0.135. The van der Waals surface area contributed by atoms with Crippen molar-refractivity contribution in [2.45, 2.75) is 32.4 Å². The van der Waals surface area contributed by atoms with E-state index in [1.807, 2.05) is 39.4 Å². The van der Waals surface area contributed by atoms with Crippen LogP contribution in [0, 0.1) is 3.57 Å². The smallest absolute Gasteiger partial charge is 0.323 e. The highest BCUT2D eigenvalue weighted by Crippen LogP contribution is 2.34. The van der Waals surface area contributed by atoms with Crippen molar-refractivity contribution in [1.29, 1.82) is 0 Å². The number of amides is 1. The molecule has 0 atom stereocenters. The van der Waals surface area contributed by atoms with Crippen molar-refractivity contribution < 1.29 is 28.9 Å². The number of ether oxygens (including phenoxy) is 3. The summed E-state index contributed by atoms with van der Waals surface area (Å²) in [6.45, 7) is 7.36. The molecular weight excluding hydrogens is 581 g/mol. The zero-order chi connectivity index (χ0) is 25.8. The average molecular weight is 612 g/mol. The molecule has 0 aliphatic heterocycles. The largest absolute Gasteiger partial charge is 0.493 e. The van der Waals surface area contributed by atoms with E-state index in [0.29, 0.717) is 50.7 Å². The van der Waals surface area contributed by atoms with Crippen LogP contribution >= 0.6 is 22.6 Å². The fraction of sp³-hybridized carbons (Fsp3) is 0.375. The summed E-state index contributed by atoms with van der Waals surface area (Å²) in [5.41, 5.74) is 1.37. The molecule has 0 fully saturated rings. The number of aliphatic carboxylic acids is 1. The third-order valence-electron chi connectivity index (χ3n) is 5.40. The molecule has 1 aromatic carbocycles. The molecule has 0 saturated heterocycles. The van der Waals surface area contributed by atoms with Gasteiger partial charge in [-0.3, -0.25) is 14.5 Å². The van der Waals surface area contributed by atoms with E-state index < -0.39 is 26.5 Å². The molecule has 0 aliphatic carbocycles. The maximum Gasteiger partial charge on any atom is 0.323 e. The number of methoxy groups -OCH3 is 2. The van der Waals surface area contributed by atoms with Crippen molar-refractivity contribution in [1.82, 2.24) is 9.55 Å². The number of carbonyl (C=O) groups is 2. The maximum atomic E-state index is 13.6. The second-order valence-electron chi connectivity index (χ2n) is 9.17. The Bertz CT molecular complexity index is 1220. The maximum absolute atomic E-state index is 13.6. The molecule has 0 spiro atoms. The lowest BCUT2D eigenvalue weighted by Crippen LogP contribution is -2.36. The summed E-state index contributed by atoms with van der Waals surface area (Å²) in [6, 6.07) is 7.76. The predicted octanol–water partition coefficient (Wildman–Crippen LogP) is 4.70. The monoisotopic (exact) mass is 611 g/mol. The topological polar surface area (TPSA) is 103 Å². The highest BCUT2D eigenvalue weighted by Gasteiger charge is 2.26. The summed E-state index contributed by atoms with van der Waals surface area (Å²) in [4.78, 5) is 31.1. The van der Waals surface area contributed by atoms with E-state index in [0.717, 1.165) is 6.04 Å². The van der Waals surface area contributed by atoms with Crippen molar-refractivity contribution in [3.63, 3.8) is 0 Å². The molecule has 0 radical (unpaired) electrons. The van der Waals surface area contributed by atoms with E-state index in [9.17, 15) is 14.7 Å². The Kier molecular flexibility index (Phi) is 8.78. The Morgan fingerprint density at radius 1 is 1.14 bits per heavy atom. The third kappa shape index (κ3) is 6.52. The van der Waals surface area contributed by atoms with E-state index in [-0.39, 0.29) is 0 Å². The predicted molar refractivity (Wildman–Crippen MR) is 145 cm³/mol. The number of pyridine rings is 1. The second-order valence-corrected chi connectivity index (χ2v) is 16.0. The summed E-state index contributed by atoms with van der Waals surface area (Å²) in [7, 11) is 1.79. The van der Waals surface area contributed by atoms with Gasteiger partial charge in [-0.2, -0.15) is 0 Å². The fourth-order valence-corrected chi connectivity index (χ4v) is 4.95. The Morgan fingerprint density at radius 3 is 2.46 bits per heavy atom. The number of rotatable bonds is 11. The van der Waals surface area contributed by atoms with Crippen LogP contribution in [0.25, 0.3) is 11.0 Å². The van der Waals surface area contributed by atoms with Gasteiger partial charge in [0.05, 0.1) is 25.5 Å². The molecule has 3 aromatic rings. The summed E-state index contributed by atoms with van der Waals surface area (Å²) in [6.07, 6.45) is 3.40. The van der Waals surface area contributed by atoms with Gasteiger partial charge in [-0.05, 0) is 52.9 Å². The lowest BCUT2D eigenvalue weighted by atomic mass is 10.1. The number of carbonyl (C=O) groups excluding carboxylic acids is 1. The van der Waals surface area contributed by atoms with Crippen molar-refractivity contribution in [2.75, 3.05) is 32.3 Å². The van der Waals surface area contributed by atoms with Crippen molar-refractivity contribution >= 4 is 59.3 Å². The number of carboxylic acids is 1. The molecule has 0 aliphatic rings. The summed E-state index contributed by atoms with van der Waals surface area (Å²) in [5, 5.41) is 10.3. The number of nitrogens with zero attached hydrogens (tertiary/aromatic N) is 3. The minimum atomic E-state index is -1.20. The number of halogens is 1. The first-order valence-corrected chi connectivity index (χ1v) is 15.8. The molecule has 9 nitrogen and oxygen atoms in total. The van der Waals surface area contributed by atoms with Gasteiger partial charge in [0.1, 0.15) is 18.9 Å². The SMILES string of the molecule is COc1cc(I)c(C(=O)N(CC(=O)O)c2ccnc3c2ccn3COCC[Si](C)(C)C)cc1OC. The van der Waals surface area contributed by atoms with Gasteiger partial charge >= 0.3 is 5.97 Å². The van der Waals surface area contributed by atoms with E-state index in [1.54, 1.807) is 24.4 Å². The molecule has 35 heavy (non-hydrogen) atoms. The number of benzene rings is 1. The van der Waals surface area contributed by atoms with E-state index in [1.165, 1.54) is 19.1 Å². The molecule has 1 amide bonds. The first-order chi connectivity index (χ1) is 16.6. The Balaban J connectivity index is 1.97. The van der Waals surface area contributed by atoms with Gasteiger partial charge in [0.2, 0.25) is 0 Å². The highest BCUT2D eigenvalue weighted by molar-refractivity contribution is 14.1. The van der Waals surface area contributed by atoms with E-state index in [2.05, 4.69) is 24.6 Å². The number of hydrogen-bond donors (Lipinski definition) is 1. The molecule has 3 rings (SSSR count). The molecule has 0 bridgehead atoms. The molecule has 2 aromatic heterocycles. The van der Waals surface area contributed by atoms with Gasteiger partial charge in [0.25, 0.3) is 5.91 Å². The summed E-state index contributed by atoms with van der Waals surface area (Å²) < 4.78 is 19.0. The number of anilines is 1. The standard InChI is InChI=1S/C24H30IN3O6Si/c1-32-20-12-17(18(25)13-21(20)33-2)24(31)28(14-22(29)30)19-6-8-26-23-16(19)7-9-27(23)15-34-10-11-35(3,4)5/h6-9,12-13H,10-11,14-15H2,1-5H3,(H,29,30). The zero-order valence-electron chi connectivity index (χ0n) is 20.5. The molecule has 0 saturated carbocycles. The van der Waals surface area contributed by atoms with Crippen LogP contribution in [-0.2, 0) is 16.3 Å². The third-order valence-corrected chi connectivity index (χ3v) is 8.00. The highest BCUT2D eigenvalue weighted by atomic mass is 127. The van der Waals surface area contributed by atoms with Crippen LogP contribution in [0.1, 0.15) is 10.4 Å². The Hall–Kier alpha value is -2.64. The van der Waals surface area contributed by atoms with Crippen LogP contribution in [0.3, 0.4) is 0 Å². The van der Waals surface area contributed by atoms with Gasteiger partial charge in [-0.1, -0.05) is 19.6 Å². The Morgan fingerprint density at radius 2 is 1.83 bits per heavy atom. The fourth-order valence-electron chi connectivity index (χ4n) is 3.52. The molecule has 188 valence electrons. The zero-order valence-corrected chi connectivity index (χ0v) is 23.7. The van der Waals surface area contributed by atoms with Crippen LogP contribution < -0.4 is 14.4 Å². The quantitative estimate of drug-likeness (QED) is 0.191. The van der Waals surface area contributed by atoms with Gasteiger partial charge < -0.3 is 23.9 Å². The van der Waals surface area contributed by atoms with E-state index >= 15 is 0 Å². The van der Waals surface area contributed by atoms with Crippen LogP contribution in [0.4, 0.5) is 5.69 Å². The molecule has 0 unspecified atom stereocenters. The van der Waals surface area contributed by atoms with Crippen molar-refractivity contribution in [3.05, 3.63) is 45.8 Å². The first-order valence-electron chi connectivity index (χ1n) is 11.0.